The summed E-state index contributed by atoms with van der Waals surface area (Å²) in [6.45, 7) is 1.80. The summed E-state index contributed by atoms with van der Waals surface area (Å²) in [6, 6.07) is 7.74. The van der Waals surface area contributed by atoms with Gasteiger partial charge in [0, 0.05) is 15.8 Å². The van der Waals surface area contributed by atoms with E-state index in [2.05, 4.69) is 26.6 Å². The maximum atomic E-state index is 12.8. The van der Waals surface area contributed by atoms with Gasteiger partial charge in [-0.1, -0.05) is 27.5 Å². The van der Waals surface area contributed by atoms with Gasteiger partial charge in [-0.05, 0) is 48.9 Å². The topological polar surface area (TPSA) is 58.2 Å². The summed E-state index contributed by atoms with van der Waals surface area (Å²) >= 11 is 8.80. The lowest BCUT2D eigenvalue weighted by Gasteiger charge is -2.12. The van der Waals surface area contributed by atoms with E-state index in [0.717, 1.165) is 16.1 Å². The van der Waals surface area contributed by atoms with Crippen molar-refractivity contribution in [3.63, 3.8) is 0 Å². The predicted octanol–water partition coefficient (Wildman–Crippen LogP) is 5.01. The molecule has 2 N–H and O–H groups in total. The van der Waals surface area contributed by atoms with Gasteiger partial charge in [0.25, 0.3) is 0 Å². The molecule has 25 heavy (non-hydrogen) atoms. The van der Waals surface area contributed by atoms with Crippen molar-refractivity contribution < 1.29 is 22.8 Å². The van der Waals surface area contributed by atoms with Crippen molar-refractivity contribution in [2.45, 2.75) is 13.1 Å². The smallest absolute Gasteiger partial charge is 0.318 e. The highest BCUT2D eigenvalue weighted by Gasteiger charge is 2.33. The highest BCUT2D eigenvalue weighted by Crippen LogP contribution is 2.36. The number of amides is 2. The van der Waals surface area contributed by atoms with Crippen molar-refractivity contribution in [1.29, 1.82) is 0 Å². The minimum Gasteiger partial charge on any atom is -0.318 e. The first-order chi connectivity index (χ1) is 11.6. The van der Waals surface area contributed by atoms with Crippen LogP contribution in [-0.2, 0) is 15.8 Å². The Labute approximate surface area is 154 Å². The number of benzene rings is 2. The van der Waals surface area contributed by atoms with Gasteiger partial charge in [-0.15, -0.1) is 0 Å². The number of carbonyl (C=O) groups is 2. The third kappa shape index (κ3) is 4.96. The molecule has 132 valence electrons. The monoisotopic (exact) mass is 434 g/mol. The van der Waals surface area contributed by atoms with Gasteiger partial charge in [-0.25, -0.2) is 0 Å². The highest BCUT2D eigenvalue weighted by molar-refractivity contribution is 9.10. The molecule has 4 nitrogen and oxygen atoms in total. The molecule has 0 saturated heterocycles. The van der Waals surface area contributed by atoms with Crippen molar-refractivity contribution in [3.05, 3.63) is 57.0 Å². The molecule has 0 spiro atoms. The lowest BCUT2D eigenvalue weighted by Crippen LogP contribution is -2.29. The highest BCUT2D eigenvalue weighted by atomic mass is 79.9. The Morgan fingerprint density at radius 3 is 2.04 bits per heavy atom. The molecule has 2 amide bonds. The Balaban J connectivity index is 2.11. The number of aryl methyl sites for hydroxylation is 1. The number of anilines is 2. The standard InChI is InChI=1S/C16H11BrClF3N2O2/c1-8-6-9(2-4-12(8)17)22-14(24)15(25)23-10-3-5-13(18)11(7-10)16(19,20)21/h2-7H,1H3,(H,22,24)(H,23,25). The molecule has 0 bridgehead atoms. The van der Waals surface area contributed by atoms with Gasteiger partial charge in [-0.3, -0.25) is 9.59 Å². The number of halogens is 5. The van der Waals surface area contributed by atoms with Crippen molar-refractivity contribution in [3.8, 4) is 0 Å². The van der Waals surface area contributed by atoms with Crippen LogP contribution in [0.15, 0.2) is 40.9 Å². The number of hydrogen-bond donors (Lipinski definition) is 2. The molecule has 0 unspecified atom stereocenters. The molecule has 0 radical (unpaired) electrons. The van der Waals surface area contributed by atoms with Gasteiger partial charge in [0.2, 0.25) is 0 Å². The summed E-state index contributed by atoms with van der Waals surface area (Å²) in [5.74, 6) is -2.11. The van der Waals surface area contributed by atoms with Gasteiger partial charge in [0.05, 0.1) is 10.6 Å². The molecule has 0 aliphatic heterocycles. The Hall–Kier alpha value is -2.06. The Kier molecular flexibility index (Phi) is 5.74. The van der Waals surface area contributed by atoms with E-state index in [-0.39, 0.29) is 5.69 Å². The van der Waals surface area contributed by atoms with E-state index in [0.29, 0.717) is 11.8 Å². The van der Waals surface area contributed by atoms with E-state index >= 15 is 0 Å². The van der Waals surface area contributed by atoms with Crippen LogP contribution in [0.2, 0.25) is 5.02 Å². The molecular formula is C16H11BrClF3N2O2. The fourth-order valence-corrected chi connectivity index (χ4v) is 2.39. The minimum absolute atomic E-state index is 0.191. The Bertz CT molecular complexity index is 841. The number of hydrogen-bond acceptors (Lipinski definition) is 2. The normalized spacial score (nSPS) is 11.1. The van der Waals surface area contributed by atoms with E-state index in [1.807, 2.05) is 0 Å². The van der Waals surface area contributed by atoms with Gasteiger partial charge in [-0.2, -0.15) is 13.2 Å². The largest absolute Gasteiger partial charge is 0.417 e. The molecule has 0 fully saturated rings. The molecule has 0 aliphatic rings. The molecule has 2 aromatic carbocycles. The van der Waals surface area contributed by atoms with Crippen molar-refractivity contribution in [2.75, 3.05) is 10.6 Å². The van der Waals surface area contributed by atoms with Crippen LogP contribution in [0.3, 0.4) is 0 Å². The molecule has 0 aromatic heterocycles. The van der Waals surface area contributed by atoms with E-state index in [9.17, 15) is 22.8 Å². The second kappa shape index (κ2) is 7.45. The summed E-state index contributed by atoms with van der Waals surface area (Å²) in [7, 11) is 0. The van der Waals surface area contributed by atoms with Crippen LogP contribution in [0, 0.1) is 6.92 Å². The average molecular weight is 436 g/mol. The maximum Gasteiger partial charge on any atom is 0.417 e. The summed E-state index contributed by atoms with van der Waals surface area (Å²) in [4.78, 5) is 23.7. The SMILES string of the molecule is Cc1cc(NC(=O)C(=O)Nc2ccc(Cl)c(C(F)(F)F)c2)ccc1Br. The molecule has 2 rings (SSSR count). The number of carbonyl (C=O) groups excluding carboxylic acids is 2. The molecule has 2 aromatic rings. The summed E-state index contributed by atoms with van der Waals surface area (Å²) in [5, 5.41) is 3.98. The summed E-state index contributed by atoms with van der Waals surface area (Å²) in [5.41, 5.74) is -0.0709. The second-order valence-corrected chi connectivity index (χ2v) is 6.33. The van der Waals surface area contributed by atoms with Crippen LogP contribution in [0.25, 0.3) is 0 Å². The molecule has 0 saturated carbocycles. The number of alkyl halides is 3. The van der Waals surface area contributed by atoms with Crippen LogP contribution < -0.4 is 10.6 Å². The van der Waals surface area contributed by atoms with Gasteiger partial charge >= 0.3 is 18.0 Å². The van der Waals surface area contributed by atoms with Crippen molar-refractivity contribution in [2.24, 2.45) is 0 Å². The van der Waals surface area contributed by atoms with Crippen molar-refractivity contribution >= 4 is 50.7 Å². The zero-order valence-electron chi connectivity index (χ0n) is 12.7. The van der Waals surface area contributed by atoms with Crippen molar-refractivity contribution in [1.82, 2.24) is 0 Å². The minimum atomic E-state index is -4.67. The molecule has 0 heterocycles. The Morgan fingerprint density at radius 1 is 1.00 bits per heavy atom. The number of rotatable bonds is 2. The first-order valence-electron chi connectivity index (χ1n) is 6.83. The van der Waals surface area contributed by atoms with Crippen LogP contribution in [-0.4, -0.2) is 11.8 Å². The number of nitrogens with one attached hydrogen (secondary N) is 2. The molecule has 0 aliphatic carbocycles. The third-order valence-electron chi connectivity index (χ3n) is 3.15. The van der Waals surface area contributed by atoms with Crippen LogP contribution in [0.5, 0.6) is 0 Å². The first-order valence-corrected chi connectivity index (χ1v) is 8.00. The zero-order chi connectivity index (χ0) is 18.8. The summed E-state index contributed by atoms with van der Waals surface area (Å²) < 4.78 is 39.2. The van der Waals surface area contributed by atoms with Gasteiger partial charge in [0.1, 0.15) is 0 Å². The molecular weight excluding hydrogens is 425 g/mol. The third-order valence-corrected chi connectivity index (χ3v) is 4.37. The first kappa shape index (κ1) is 19.3. The van der Waals surface area contributed by atoms with Crippen LogP contribution in [0.1, 0.15) is 11.1 Å². The lowest BCUT2D eigenvalue weighted by atomic mass is 10.2. The fraction of sp³-hybridized carbons (Fsp3) is 0.125. The molecule has 9 heteroatoms. The lowest BCUT2D eigenvalue weighted by molar-refractivity contribution is -0.137. The molecule has 0 atom stereocenters. The van der Waals surface area contributed by atoms with Crippen LogP contribution in [0.4, 0.5) is 24.5 Å². The summed E-state index contributed by atoms with van der Waals surface area (Å²) in [6.07, 6.45) is -4.67. The van der Waals surface area contributed by atoms with Crippen LogP contribution >= 0.6 is 27.5 Å². The maximum absolute atomic E-state index is 12.8. The zero-order valence-corrected chi connectivity index (χ0v) is 15.0. The van der Waals surface area contributed by atoms with E-state index < -0.39 is 28.6 Å². The quantitative estimate of drug-likeness (QED) is 0.652. The van der Waals surface area contributed by atoms with E-state index in [1.165, 1.54) is 6.07 Å². The predicted molar refractivity (Wildman–Crippen MR) is 92.6 cm³/mol. The van der Waals surface area contributed by atoms with E-state index in [4.69, 9.17) is 11.6 Å². The fourth-order valence-electron chi connectivity index (χ4n) is 1.92. The van der Waals surface area contributed by atoms with Gasteiger partial charge < -0.3 is 10.6 Å². The Morgan fingerprint density at radius 2 is 1.52 bits per heavy atom. The second-order valence-electron chi connectivity index (χ2n) is 5.06. The van der Waals surface area contributed by atoms with E-state index in [1.54, 1.807) is 25.1 Å². The average Bonchev–Trinajstić information content (AvgIpc) is 2.51. The van der Waals surface area contributed by atoms with Gasteiger partial charge in [0.15, 0.2) is 0 Å².